The van der Waals surface area contributed by atoms with Crippen LogP contribution in [-0.2, 0) is 6.42 Å². The van der Waals surface area contributed by atoms with Gasteiger partial charge in [-0.2, -0.15) is 0 Å². The summed E-state index contributed by atoms with van der Waals surface area (Å²) in [7, 11) is 0. The quantitative estimate of drug-likeness (QED) is 0.171. The lowest BCUT2D eigenvalue weighted by Crippen LogP contribution is -2.18. The van der Waals surface area contributed by atoms with Crippen LogP contribution in [0.1, 0.15) is 16.9 Å². The molecular formula is C51H34N2OS. The number of hydrogen-bond acceptors (Lipinski definition) is 4. The number of aryl methyl sites for hydroxylation is 1. The highest BCUT2D eigenvalue weighted by Gasteiger charge is 2.24. The number of hydrogen-bond donors (Lipinski definition) is 0. The molecule has 0 amide bonds. The summed E-state index contributed by atoms with van der Waals surface area (Å²) in [6, 6.07) is 58.9. The first-order valence-corrected chi connectivity index (χ1v) is 19.6. The van der Waals surface area contributed by atoms with Gasteiger partial charge in [-0.15, -0.1) is 11.3 Å². The van der Waals surface area contributed by atoms with Gasteiger partial charge < -0.3 is 9.32 Å². The van der Waals surface area contributed by atoms with Gasteiger partial charge in [-0.1, -0.05) is 115 Å². The number of furan rings is 1. The first kappa shape index (κ1) is 31.7. The van der Waals surface area contributed by atoms with Gasteiger partial charge in [0.15, 0.2) is 0 Å². The van der Waals surface area contributed by atoms with E-state index in [0.717, 1.165) is 68.4 Å². The first-order valence-electron chi connectivity index (χ1n) is 18.8. The van der Waals surface area contributed by atoms with Crippen molar-refractivity contribution < 1.29 is 4.42 Å². The van der Waals surface area contributed by atoms with E-state index in [9.17, 15) is 0 Å². The Kier molecular flexibility index (Phi) is 7.49. The Balaban J connectivity index is 1.07. The SMILES string of the molecule is C1=C(N(c2ccc(-c3cc4ccccc4c4c3oc3cccc(-c5cccnc5)c34)cc2)c2cccc(-c3ccccc3)c2)CCc2c1sc1ccccc21. The minimum absolute atomic E-state index is 0.875. The largest absolute Gasteiger partial charge is 0.455 e. The third-order valence-electron chi connectivity index (χ3n) is 11.1. The Morgan fingerprint density at radius 2 is 1.33 bits per heavy atom. The van der Waals surface area contributed by atoms with E-state index in [-0.39, 0.29) is 0 Å². The minimum atomic E-state index is 0.875. The summed E-state index contributed by atoms with van der Waals surface area (Å²) < 4.78 is 8.18. The fourth-order valence-electron chi connectivity index (χ4n) is 8.51. The fourth-order valence-corrected chi connectivity index (χ4v) is 9.73. The van der Waals surface area contributed by atoms with Gasteiger partial charge in [-0.05, 0) is 111 Å². The average molecular weight is 723 g/mol. The normalized spacial score (nSPS) is 12.7. The molecule has 10 aromatic rings. The molecule has 1 aliphatic rings. The highest BCUT2D eigenvalue weighted by atomic mass is 32.1. The molecule has 11 rings (SSSR count). The summed E-state index contributed by atoms with van der Waals surface area (Å²) in [5, 5.41) is 6.01. The van der Waals surface area contributed by atoms with E-state index in [1.807, 2.05) is 29.8 Å². The number of aromatic nitrogens is 1. The average Bonchev–Trinajstić information content (AvgIpc) is 3.84. The lowest BCUT2D eigenvalue weighted by Gasteiger charge is -2.30. The fraction of sp³-hybridized carbons (Fsp3) is 0.0392. The van der Waals surface area contributed by atoms with Crippen LogP contribution in [0.3, 0.4) is 0 Å². The number of anilines is 2. The predicted octanol–water partition coefficient (Wildman–Crippen LogP) is 14.5. The third-order valence-corrected chi connectivity index (χ3v) is 12.2. The Hall–Kier alpha value is -6.75. The molecule has 260 valence electrons. The summed E-state index contributed by atoms with van der Waals surface area (Å²) in [6.45, 7) is 0. The van der Waals surface area contributed by atoms with Gasteiger partial charge in [0, 0.05) is 60.9 Å². The van der Waals surface area contributed by atoms with Crippen molar-refractivity contribution in [1.29, 1.82) is 0 Å². The lowest BCUT2D eigenvalue weighted by molar-refractivity contribution is 0.670. The Bertz CT molecular complexity index is 3080. The maximum atomic E-state index is 6.83. The molecule has 4 heteroatoms. The Morgan fingerprint density at radius 3 is 2.20 bits per heavy atom. The van der Waals surface area contributed by atoms with Crippen LogP contribution in [0.5, 0.6) is 0 Å². The van der Waals surface area contributed by atoms with Gasteiger partial charge in [-0.25, -0.2) is 0 Å². The van der Waals surface area contributed by atoms with Crippen molar-refractivity contribution in [2.45, 2.75) is 12.8 Å². The van der Waals surface area contributed by atoms with Gasteiger partial charge in [0.25, 0.3) is 0 Å². The van der Waals surface area contributed by atoms with E-state index in [1.165, 1.54) is 48.1 Å². The molecule has 0 fully saturated rings. The van der Waals surface area contributed by atoms with Crippen molar-refractivity contribution in [2.75, 3.05) is 4.90 Å². The van der Waals surface area contributed by atoms with Gasteiger partial charge >= 0.3 is 0 Å². The molecule has 7 aromatic carbocycles. The summed E-state index contributed by atoms with van der Waals surface area (Å²) in [5.74, 6) is 0. The molecule has 0 unspecified atom stereocenters. The molecule has 3 nitrogen and oxygen atoms in total. The van der Waals surface area contributed by atoms with Crippen molar-refractivity contribution in [3.63, 3.8) is 0 Å². The second-order valence-electron chi connectivity index (χ2n) is 14.2. The van der Waals surface area contributed by atoms with Crippen LogP contribution in [0.25, 0.3) is 82.3 Å². The molecule has 0 radical (unpaired) electrons. The van der Waals surface area contributed by atoms with Crippen molar-refractivity contribution in [3.8, 4) is 33.4 Å². The second kappa shape index (κ2) is 13.0. The van der Waals surface area contributed by atoms with Crippen molar-refractivity contribution >= 4 is 71.6 Å². The van der Waals surface area contributed by atoms with E-state index < -0.39 is 0 Å². The molecule has 0 saturated carbocycles. The number of pyridine rings is 1. The van der Waals surface area contributed by atoms with Crippen LogP contribution in [0.2, 0.25) is 0 Å². The predicted molar refractivity (Wildman–Crippen MR) is 232 cm³/mol. The van der Waals surface area contributed by atoms with E-state index >= 15 is 0 Å². The number of benzene rings is 7. The van der Waals surface area contributed by atoms with Gasteiger partial charge in [-0.3, -0.25) is 4.98 Å². The monoisotopic (exact) mass is 722 g/mol. The number of rotatable bonds is 6. The standard InChI is InChI=1S/C51H34N2OS/c1-2-11-33(12-3-1)35-14-8-16-39(29-35)53(40-26-27-44-43-18-6-7-21-47(43)55-48(44)31-40)38-24-22-34(23-25-38)45-30-36-13-4-5-17-41(36)50-49-42(37-15-10-28-52-32-37)19-9-20-46(49)54-51(45)50/h1-25,28-32H,26-27H2. The molecule has 0 aliphatic heterocycles. The molecule has 0 N–H and O–H groups in total. The summed E-state index contributed by atoms with van der Waals surface area (Å²) in [6.07, 6.45) is 8.15. The second-order valence-corrected chi connectivity index (χ2v) is 15.3. The van der Waals surface area contributed by atoms with Crippen molar-refractivity contribution in [3.05, 3.63) is 192 Å². The van der Waals surface area contributed by atoms with Crippen LogP contribution in [0.15, 0.2) is 186 Å². The van der Waals surface area contributed by atoms with Crippen LogP contribution >= 0.6 is 11.3 Å². The van der Waals surface area contributed by atoms with E-state index in [2.05, 4.69) is 174 Å². The number of allylic oxidation sites excluding steroid dienone is 1. The summed E-state index contributed by atoms with van der Waals surface area (Å²) in [5.41, 5.74) is 13.6. The smallest absolute Gasteiger partial charge is 0.143 e. The van der Waals surface area contributed by atoms with Crippen molar-refractivity contribution in [1.82, 2.24) is 4.98 Å². The summed E-state index contributed by atoms with van der Waals surface area (Å²) >= 11 is 1.90. The highest BCUT2D eigenvalue weighted by Crippen LogP contribution is 2.46. The molecule has 0 saturated heterocycles. The zero-order chi connectivity index (χ0) is 36.3. The van der Waals surface area contributed by atoms with Crippen LogP contribution in [0.4, 0.5) is 11.4 Å². The molecule has 3 heterocycles. The van der Waals surface area contributed by atoms with Crippen LogP contribution in [0, 0.1) is 0 Å². The maximum Gasteiger partial charge on any atom is 0.143 e. The number of nitrogens with zero attached hydrogens (tertiary/aromatic N) is 2. The molecule has 1 aliphatic carbocycles. The molecule has 0 bridgehead atoms. The highest BCUT2D eigenvalue weighted by molar-refractivity contribution is 7.20. The number of thiophene rings is 1. The zero-order valence-corrected chi connectivity index (χ0v) is 30.8. The molecule has 0 atom stereocenters. The first-order chi connectivity index (χ1) is 27.3. The van der Waals surface area contributed by atoms with E-state index in [4.69, 9.17) is 4.42 Å². The van der Waals surface area contributed by atoms with Crippen LogP contribution in [-0.4, -0.2) is 4.98 Å². The zero-order valence-electron chi connectivity index (χ0n) is 29.9. The lowest BCUT2D eigenvalue weighted by atomic mass is 9.93. The van der Waals surface area contributed by atoms with Gasteiger partial charge in [0.2, 0.25) is 0 Å². The van der Waals surface area contributed by atoms with Crippen LogP contribution < -0.4 is 4.90 Å². The molecule has 0 spiro atoms. The topological polar surface area (TPSA) is 29.3 Å². The van der Waals surface area contributed by atoms with Crippen molar-refractivity contribution in [2.24, 2.45) is 0 Å². The minimum Gasteiger partial charge on any atom is -0.455 e. The van der Waals surface area contributed by atoms with Gasteiger partial charge in [0.05, 0.1) is 0 Å². The maximum absolute atomic E-state index is 6.83. The molecule has 55 heavy (non-hydrogen) atoms. The Morgan fingerprint density at radius 1 is 0.545 bits per heavy atom. The molecule has 3 aromatic heterocycles. The van der Waals surface area contributed by atoms with E-state index in [1.54, 1.807) is 0 Å². The third kappa shape index (κ3) is 5.37. The van der Waals surface area contributed by atoms with Gasteiger partial charge in [0.1, 0.15) is 11.2 Å². The Labute approximate surface area is 323 Å². The van der Waals surface area contributed by atoms with E-state index in [0.29, 0.717) is 0 Å². The summed E-state index contributed by atoms with van der Waals surface area (Å²) in [4.78, 5) is 8.26. The number of fused-ring (bicyclic) bond motifs is 8. The molecular weight excluding hydrogens is 689 g/mol.